The number of hydrogen-bond donors (Lipinski definition) is 1. The van der Waals surface area contributed by atoms with Gasteiger partial charge in [-0.25, -0.2) is 9.36 Å². The lowest BCUT2D eigenvalue weighted by Crippen LogP contribution is -2.43. The lowest BCUT2D eigenvalue weighted by molar-refractivity contribution is 0.197. The summed E-state index contributed by atoms with van der Waals surface area (Å²) < 4.78 is 7.49. The van der Waals surface area contributed by atoms with E-state index in [1.165, 1.54) is 4.57 Å². The van der Waals surface area contributed by atoms with Crippen molar-refractivity contribution in [2.45, 2.75) is 38.9 Å². The van der Waals surface area contributed by atoms with Gasteiger partial charge in [0.15, 0.2) is 0 Å². The number of carboxylic acid groups (broad SMARTS) is 1. The zero-order valence-corrected chi connectivity index (χ0v) is 13.6. The lowest BCUT2D eigenvalue weighted by atomic mass is 10.2. The predicted octanol–water partition coefficient (Wildman–Crippen LogP) is 4.55. The molecule has 5 heteroatoms. The minimum atomic E-state index is -1.99. The van der Waals surface area contributed by atoms with Gasteiger partial charge in [-0.3, -0.25) is 0 Å². The van der Waals surface area contributed by atoms with E-state index in [2.05, 4.69) is 33.9 Å². The normalized spacial score (nSPS) is 12.7. The molecule has 1 aromatic carbocycles. The monoisotopic (exact) mass is 291 g/mol. The zero-order chi connectivity index (χ0) is 15.1. The first-order valence-electron chi connectivity index (χ1n) is 6.66. The minimum Gasteiger partial charge on any atom is -0.542 e. The summed E-state index contributed by atoms with van der Waals surface area (Å²) in [7, 11) is -1.99. The van der Waals surface area contributed by atoms with Gasteiger partial charge < -0.3 is 9.53 Å². The van der Waals surface area contributed by atoms with Crippen molar-refractivity contribution in [3.63, 3.8) is 0 Å². The average molecular weight is 291 g/mol. The Bertz CT molecular complexity index is 653. The second kappa shape index (κ2) is 4.66. The Morgan fingerprint density at radius 2 is 1.85 bits per heavy atom. The van der Waals surface area contributed by atoms with Crippen molar-refractivity contribution in [2.75, 3.05) is 0 Å². The molecule has 20 heavy (non-hydrogen) atoms. The van der Waals surface area contributed by atoms with Gasteiger partial charge in [-0.05, 0) is 30.3 Å². The van der Waals surface area contributed by atoms with Crippen LogP contribution in [-0.2, 0) is 0 Å². The second-order valence-electron chi connectivity index (χ2n) is 6.53. The fraction of sp³-hybridized carbons (Fsp3) is 0.400. The molecule has 0 atom stereocenters. The van der Waals surface area contributed by atoms with Gasteiger partial charge in [0.2, 0.25) is 0 Å². The number of hydrogen-bond acceptors (Lipinski definition) is 2. The first-order valence-corrected chi connectivity index (χ1v) is 9.57. The van der Waals surface area contributed by atoms with Crippen LogP contribution in [0.25, 0.3) is 10.9 Å². The topological polar surface area (TPSA) is 51.5 Å². The molecule has 1 N–H and O–H groups in total. The Morgan fingerprint density at radius 3 is 2.40 bits per heavy atom. The second-order valence-corrected chi connectivity index (χ2v) is 11.3. The van der Waals surface area contributed by atoms with Crippen LogP contribution >= 0.6 is 0 Å². The molecule has 0 spiro atoms. The molecule has 2 aromatic rings. The fourth-order valence-corrected chi connectivity index (χ4v) is 2.83. The summed E-state index contributed by atoms with van der Waals surface area (Å²) in [6.07, 6.45) is 0.583. The number of fused-ring (bicyclic) bond motifs is 1. The summed E-state index contributed by atoms with van der Waals surface area (Å²) in [5, 5.41) is 10.2. The molecule has 0 fully saturated rings. The maximum atomic E-state index is 11.3. The van der Waals surface area contributed by atoms with Crippen molar-refractivity contribution < 1.29 is 14.3 Å². The van der Waals surface area contributed by atoms with Crippen LogP contribution in [0.3, 0.4) is 0 Å². The number of aromatic nitrogens is 1. The van der Waals surface area contributed by atoms with E-state index in [4.69, 9.17) is 4.43 Å². The summed E-state index contributed by atoms with van der Waals surface area (Å²) in [6, 6.07) is 7.42. The van der Waals surface area contributed by atoms with Crippen molar-refractivity contribution >= 4 is 25.3 Å². The van der Waals surface area contributed by atoms with Crippen LogP contribution in [0.15, 0.2) is 30.5 Å². The molecule has 0 amide bonds. The Kier molecular flexibility index (Phi) is 3.42. The van der Waals surface area contributed by atoms with Gasteiger partial charge in [-0.2, -0.15) is 0 Å². The molecule has 108 valence electrons. The van der Waals surface area contributed by atoms with E-state index in [0.29, 0.717) is 11.3 Å². The van der Waals surface area contributed by atoms with E-state index < -0.39 is 14.4 Å². The smallest absolute Gasteiger partial charge is 0.416 e. The standard InChI is InChI=1S/C15H21NO3Si/c1-15(2,3)20(4,5)19-13-10-16(14(17)18)12-9-7-6-8-11(12)13/h6-10H,1-5H3,(H,17,18). The van der Waals surface area contributed by atoms with E-state index in [1.807, 2.05) is 18.2 Å². The van der Waals surface area contributed by atoms with Crippen LogP contribution in [0.4, 0.5) is 4.79 Å². The maximum absolute atomic E-state index is 11.3. The average Bonchev–Trinajstić information content (AvgIpc) is 2.67. The highest BCUT2D eigenvalue weighted by Crippen LogP contribution is 2.39. The van der Waals surface area contributed by atoms with E-state index in [9.17, 15) is 9.90 Å². The van der Waals surface area contributed by atoms with Gasteiger partial charge in [-0.1, -0.05) is 32.9 Å². The van der Waals surface area contributed by atoms with Crippen LogP contribution in [-0.4, -0.2) is 24.1 Å². The molecule has 2 rings (SSSR count). The summed E-state index contributed by atoms with van der Waals surface area (Å²) in [5.74, 6) is 0.662. The first kappa shape index (κ1) is 14.7. The Hall–Kier alpha value is -1.75. The molecule has 4 nitrogen and oxygen atoms in total. The van der Waals surface area contributed by atoms with Crippen LogP contribution in [0, 0.1) is 0 Å². The van der Waals surface area contributed by atoms with Gasteiger partial charge in [0.05, 0.1) is 11.7 Å². The van der Waals surface area contributed by atoms with Gasteiger partial charge in [-0.15, -0.1) is 0 Å². The third kappa shape index (κ3) is 2.45. The maximum Gasteiger partial charge on any atom is 0.416 e. The molecule has 0 radical (unpaired) electrons. The molecule has 0 saturated carbocycles. The quantitative estimate of drug-likeness (QED) is 0.826. The highest BCUT2D eigenvalue weighted by Gasteiger charge is 2.39. The zero-order valence-electron chi connectivity index (χ0n) is 12.6. The van der Waals surface area contributed by atoms with Crippen molar-refractivity contribution in [3.05, 3.63) is 30.5 Å². The summed E-state index contributed by atoms with van der Waals surface area (Å²) in [6.45, 7) is 10.8. The highest BCUT2D eigenvalue weighted by molar-refractivity contribution is 6.74. The molecular formula is C15H21NO3Si. The minimum absolute atomic E-state index is 0.0689. The largest absolute Gasteiger partial charge is 0.542 e. The third-order valence-corrected chi connectivity index (χ3v) is 8.40. The molecule has 0 aliphatic carbocycles. The van der Waals surface area contributed by atoms with Crippen molar-refractivity contribution in [3.8, 4) is 5.75 Å². The van der Waals surface area contributed by atoms with E-state index in [1.54, 1.807) is 12.3 Å². The number of para-hydroxylation sites is 1. The van der Waals surface area contributed by atoms with E-state index >= 15 is 0 Å². The van der Waals surface area contributed by atoms with Gasteiger partial charge in [0, 0.05) is 5.39 Å². The van der Waals surface area contributed by atoms with E-state index in [0.717, 1.165) is 5.39 Å². The Labute approximate surface area is 120 Å². The van der Waals surface area contributed by atoms with Crippen LogP contribution in [0.5, 0.6) is 5.75 Å². The van der Waals surface area contributed by atoms with Gasteiger partial charge in [0.25, 0.3) is 8.32 Å². The van der Waals surface area contributed by atoms with Gasteiger partial charge in [0.1, 0.15) is 5.75 Å². The van der Waals surface area contributed by atoms with Crippen molar-refractivity contribution in [2.24, 2.45) is 0 Å². The first-order chi connectivity index (χ1) is 9.13. The molecule has 0 aliphatic heterocycles. The molecule has 1 aromatic heterocycles. The molecule has 0 aliphatic rings. The Morgan fingerprint density at radius 1 is 1.25 bits per heavy atom. The summed E-state index contributed by atoms with van der Waals surface area (Å²) >= 11 is 0. The van der Waals surface area contributed by atoms with Crippen molar-refractivity contribution in [1.29, 1.82) is 0 Å². The number of carbonyl (C=O) groups is 1. The van der Waals surface area contributed by atoms with E-state index in [-0.39, 0.29) is 5.04 Å². The lowest BCUT2D eigenvalue weighted by Gasteiger charge is -2.36. The third-order valence-electron chi connectivity index (χ3n) is 4.05. The van der Waals surface area contributed by atoms with Gasteiger partial charge >= 0.3 is 6.09 Å². The van der Waals surface area contributed by atoms with Crippen LogP contribution in [0.1, 0.15) is 20.8 Å². The predicted molar refractivity (Wildman–Crippen MR) is 83.2 cm³/mol. The molecule has 0 unspecified atom stereocenters. The molecule has 1 heterocycles. The molecule has 0 bridgehead atoms. The summed E-state index contributed by atoms with van der Waals surface area (Å²) in [4.78, 5) is 11.3. The molecule has 0 saturated heterocycles. The van der Waals surface area contributed by atoms with Crippen molar-refractivity contribution in [1.82, 2.24) is 4.57 Å². The SMILES string of the molecule is CC(C)(C)[Si](C)(C)Oc1cn(C(=O)O)c2ccccc12. The van der Waals surface area contributed by atoms with Crippen LogP contribution in [0.2, 0.25) is 18.1 Å². The number of nitrogens with zero attached hydrogens (tertiary/aromatic N) is 1. The Balaban J connectivity index is 2.54. The number of rotatable bonds is 2. The summed E-state index contributed by atoms with van der Waals surface area (Å²) in [5.41, 5.74) is 0.661. The highest BCUT2D eigenvalue weighted by atomic mass is 28.4. The molecular weight excluding hydrogens is 270 g/mol. The number of benzene rings is 1. The fourth-order valence-electron chi connectivity index (χ4n) is 1.82. The van der Waals surface area contributed by atoms with Crippen LogP contribution < -0.4 is 4.43 Å².